The fourth-order valence-corrected chi connectivity index (χ4v) is 4.26. The highest BCUT2D eigenvalue weighted by Gasteiger charge is 2.42. The zero-order valence-electron chi connectivity index (χ0n) is 17.5. The molecule has 1 aliphatic heterocycles. The molecule has 7 nitrogen and oxygen atoms in total. The Hall–Kier alpha value is -3.61. The van der Waals surface area contributed by atoms with E-state index in [4.69, 9.17) is 0 Å². The Bertz CT molecular complexity index is 1050. The van der Waals surface area contributed by atoms with E-state index in [0.717, 1.165) is 16.7 Å². The second-order valence-electron chi connectivity index (χ2n) is 7.90. The quantitative estimate of drug-likeness (QED) is 0.692. The van der Waals surface area contributed by atoms with Crippen molar-refractivity contribution in [1.82, 2.24) is 25.2 Å². The highest BCUT2D eigenvalue weighted by atomic mass is 16.2. The molecular weight excluding hydrogens is 390 g/mol. The normalized spacial score (nSPS) is 15.3. The van der Waals surface area contributed by atoms with Gasteiger partial charge in [-0.3, -0.25) is 14.6 Å². The van der Waals surface area contributed by atoms with E-state index in [2.05, 4.69) is 26.3 Å². The van der Waals surface area contributed by atoms with Gasteiger partial charge in [0.1, 0.15) is 6.33 Å². The van der Waals surface area contributed by atoms with E-state index in [1.165, 1.54) is 6.33 Å². The summed E-state index contributed by atoms with van der Waals surface area (Å²) in [6.07, 6.45) is 10.1. The number of aromatic nitrogens is 3. The number of pyridine rings is 1. The van der Waals surface area contributed by atoms with Crippen molar-refractivity contribution in [2.45, 2.75) is 19.3 Å². The molecule has 2 amide bonds. The molecule has 1 aromatic carbocycles. The molecule has 0 bridgehead atoms. The van der Waals surface area contributed by atoms with Gasteiger partial charge in [-0.25, -0.2) is 9.97 Å². The number of nitrogens with one attached hydrogen (secondary N) is 1. The number of piperidine rings is 1. The molecule has 1 fully saturated rings. The zero-order valence-corrected chi connectivity index (χ0v) is 17.5. The summed E-state index contributed by atoms with van der Waals surface area (Å²) in [6.45, 7) is 1.07. The first-order chi connectivity index (χ1) is 15.1. The third-order valence-electron chi connectivity index (χ3n) is 5.99. The van der Waals surface area contributed by atoms with Crippen LogP contribution in [0.1, 0.15) is 28.8 Å². The molecule has 3 aromatic rings. The maximum absolute atomic E-state index is 13.0. The Balaban J connectivity index is 1.53. The monoisotopic (exact) mass is 415 g/mol. The average Bonchev–Trinajstić information content (AvgIpc) is 2.85. The summed E-state index contributed by atoms with van der Waals surface area (Å²) in [5, 5.41) is 2.85. The van der Waals surface area contributed by atoms with Crippen molar-refractivity contribution in [3.8, 4) is 11.1 Å². The van der Waals surface area contributed by atoms with Gasteiger partial charge in [-0.15, -0.1) is 0 Å². The number of likely N-dealkylation sites (tertiary alicyclic amines) is 1. The van der Waals surface area contributed by atoms with Crippen molar-refractivity contribution < 1.29 is 9.59 Å². The van der Waals surface area contributed by atoms with Crippen LogP contribution in [-0.2, 0) is 11.2 Å². The van der Waals surface area contributed by atoms with Crippen LogP contribution in [0.25, 0.3) is 11.1 Å². The van der Waals surface area contributed by atoms with E-state index in [9.17, 15) is 9.59 Å². The van der Waals surface area contributed by atoms with Gasteiger partial charge in [0.15, 0.2) is 0 Å². The highest BCUT2D eigenvalue weighted by molar-refractivity contribution is 5.94. The second-order valence-corrected chi connectivity index (χ2v) is 7.90. The van der Waals surface area contributed by atoms with Crippen LogP contribution in [-0.4, -0.2) is 51.8 Å². The lowest BCUT2D eigenvalue weighted by Gasteiger charge is -2.40. The minimum Gasteiger partial charge on any atom is -0.359 e. The summed E-state index contributed by atoms with van der Waals surface area (Å²) < 4.78 is 0. The Labute approximate surface area is 181 Å². The number of hydrogen-bond acceptors (Lipinski definition) is 5. The van der Waals surface area contributed by atoms with Gasteiger partial charge in [-0.05, 0) is 42.5 Å². The largest absolute Gasteiger partial charge is 0.359 e. The number of benzene rings is 1. The fourth-order valence-electron chi connectivity index (χ4n) is 4.26. The smallest absolute Gasteiger partial charge is 0.255 e. The summed E-state index contributed by atoms with van der Waals surface area (Å²) >= 11 is 0. The van der Waals surface area contributed by atoms with E-state index in [-0.39, 0.29) is 11.8 Å². The highest BCUT2D eigenvalue weighted by Crippen LogP contribution is 2.36. The van der Waals surface area contributed by atoms with E-state index in [1.807, 2.05) is 23.1 Å². The summed E-state index contributed by atoms with van der Waals surface area (Å²) in [5.74, 6) is -0.0147. The van der Waals surface area contributed by atoms with E-state index >= 15 is 0 Å². The molecule has 0 radical (unpaired) electrons. The molecule has 0 spiro atoms. The predicted octanol–water partition coefficient (Wildman–Crippen LogP) is 2.75. The molecule has 0 unspecified atom stereocenters. The van der Waals surface area contributed by atoms with Crippen LogP contribution >= 0.6 is 0 Å². The first-order valence-corrected chi connectivity index (χ1v) is 10.4. The molecule has 0 atom stereocenters. The third-order valence-corrected chi connectivity index (χ3v) is 5.99. The molecule has 158 valence electrons. The molecule has 7 heteroatoms. The van der Waals surface area contributed by atoms with E-state index < -0.39 is 5.41 Å². The van der Waals surface area contributed by atoms with Crippen LogP contribution in [0, 0.1) is 5.41 Å². The average molecular weight is 415 g/mol. The zero-order chi connectivity index (χ0) is 21.7. The molecule has 4 rings (SSSR count). The molecule has 1 N–H and O–H groups in total. The van der Waals surface area contributed by atoms with Crippen LogP contribution in [0.3, 0.4) is 0 Å². The number of carbonyl (C=O) groups excluding carboxylic acids is 2. The fraction of sp³-hybridized carbons (Fsp3) is 0.292. The van der Waals surface area contributed by atoms with Crippen molar-refractivity contribution in [3.63, 3.8) is 0 Å². The number of rotatable bonds is 5. The van der Waals surface area contributed by atoms with Gasteiger partial charge in [-0.2, -0.15) is 0 Å². The Morgan fingerprint density at radius 3 is 2.45 bits per heavy atom. The molecule has 1 saturated heterocycles. The lowest BCUT2D eigenvalue weighted by atomic mass is 9.72. The van der Waals surface area contributed by atoms with Crippen LogP contribution in [0.2, 0.25) is 0 Å². The lowest BCUT2D eigenvalue weighted by Crippen LogP contribution is -2.50. The molecule has 1 aliphatic rings. The van der Waals surface area contributed by atoms with Gasteiger partial charge in [0.25, 0.3) is 5.91 Å². The number of hydrogen-bond donors (Lipinski definition) is 1. The molecule has 2 aromatic heterocycles. The van der Waals surface area contributed by atoms with Crippen LogP contribution in [0.5, 0.6) is 0 Å². The maximum Gasteiger partial charge on any atom is 0.255 e. The van der Waals surface area contributed by atoms with Crippen molar-refractivity contribution in [2.24, 2.45) is 5.41 Å². The van der Waals surface area contributed by atoms with Gasteiger partial charge in [0, 0.05) is 50.5 Å². The van der Waals surface area contributed by atoms with Crippen LogP contribution < -0.4 is 5.32 Å². The number of amides is 2. The maximum atomic E-state index is 13.0. The number of carbonyl (C=O) groups is 2. The summed E-state index contributed by atoms with van der Waals surface area (Å²) in [6, 6.07) is 11.7. The summed E-state index contributed by atoms with van der Waals surface area (Å²) in [5.41, 5.74) is 3.07. The summed E-state index contributed by atoms with van der Waals surface area (Å²) in [4.78, 5) is 39.8. The van der Waals surface area contributed by atoms with Crippen molar-refractivity contribution >= 4 is 11.8 Å². The first kappa shape index (κ1) is 20.7. The van der Waals surface area contributed by atoms with Crippen LogP contribution in [0.4, 0.5) is 0 Å². The number of nitrogens with zero attached hydrogens (tertiary/aromatic N) is 4. The Kier molecular flexibility index (Phi) is 6.02. The second kappa shape index (κ2) is 9.04. The minimum absolute atomic E-state index is 0.0226. The Morgan fingerprint density at radius 1 is 1.00 bits per heavy atom. The SMILES string of the molecule is CNC(=O)C1(Cc2cccc(-c3cncnc3)c2)CCN(C(=O)c2cccnc2)CC1. The van der Waals surface area contributed by atoms with Crippen molar-refractivity contribution in [2.75, 3.05) is 20.1 Å². The van der Waals surface area contributed by atoms with Gasteiger partial charge in [-0.1, -0.05) is 24.3 Å². The molecule has 3 heterocycles. The molecule has 31 heavy (non-hydrogen) atoms. The molecule has 0 aliphatic carbocycles. The van der Waals surface area contributed by atoms with Crippen molar-refractivity contribution in [1.29, 1.82) is 0 Å². The first-order valence-electron chi connectivity index (χ1n) is 10.4. The van der Waals surface area contributed by atoms with E-state index in [0.29, 0.717) is 37.9 Å². The van der Waals surface area contributed by atoms with Gasteiger partial charge in [0.2, 0.25) is 5.91 Å². The topological polar surface area (TPSA) is 88.1 Å². The standard InChI is InChI=1S/C24H25N5O2/c1-25-23(31)24(7-10-29(11-8-24)22(30)20-6-3-9-26-14-20)13-18-4-2-5-19(12-18)21-15-27-17-28-16-21/h2-6,9,12,14-17H,7-8,10-11,13H2,1H3,(H,25,31). The van der Waals surface area contributed by atoms with Gasteiger partial charge >= 0.3 is 0 Å². The van der Waals surface area contributed by atoms with Crippen molar-refractivity contribution in [3.05, 3.63) is 78.6 Å². The summed E-state index contributed by atoms with van der Waals surface area (Å²) in [7, 11) is 1.68. The van der Waals surface area contributed by atoms with Crippen LogP contribution in [0.15, 0.2) is 67.5 Å². The molecule has 0 saturated carbocycles. The van der Waals surface area contributed by atoms with E-state index in [1.54, 1.807) is 44.0 Å². The lowest BCUT2D eigenvalue weighted by molar-refractivity contribution is -0.133. The Morgan fingerprint density at radius 2 is 1.77 bits per heavy atom. The van der Waals surface area contributed by atoms with Gasteiger partial charge in [0.05, 0.1) is 11.0 Å². The minimum atomic E-state index is -0.549. The van der Waals surface area contributed by atoms with Gasteiger partial charge < -0.3 is 10.2 Å². The molecular formula is C24H25N5O2. The third kappa shape index (κ3) is 4.45. The predicted molar refractivity (Wildman–Crippen MR) is 117 cm³/mol.